The van der Waals surface area contributed by atoms with E-state index in [4.69, 9.17) is 9.84 Å². The third-order valence-corrected chi connectivity index (χ3v) is 4.06. The van der Waals surface area contributed by atoms with Gasteiger partial charge in [0.05, 0.1) is 11.8 Å². The highest BCUT2D eigenvalue weighted by Crippen LogP contribution is 2.43. The van der Waals surface area contributed by atoms with E-state index in [0.717, 1.165) is 6.42 Å². The SMILES string of the molecule is CCC1C=CC(CCCC(=O)O)C2C(=O)OC(=O)C12. The summed E-state index contributed by atoms with van der Waals surface area (Å²) in [5.41, 5.74) is 0. The molecule has 104 valence electrons. The molecule has 0 radical (unpaired) electrons. The summed E-state index contributed by atoms with van der Waals surface area (Å²) in [6.45, 7) is 1.98. The number of esters is 2. The molecule has 0 aromatic carbocycles. The van der Waals surface area contributed by atoms with Gasteiger partial charge in [-0.3, -0.25) is 14.4 Å². The van der Waals surface area contributed by atoms with Crippen LogP contribution < -0.4 is 0 Å². The molecular weight excluding hydrogens is 248 g/mol. The number of hydrogen-bond acceptors (Lipinski definition) is 4. The number of carboxylic acids is 1. The molecule has 0 aromatic heterocycles. The van der Waals surface area contributed by atoms with Crippen LogP contribution in [-0.4, -0.2) is 23.0 Å². The molecule has 0 bridgehead atoms. The maximum atomic E-state index is 11.8. The Bertz CT molecular complexity index is 426. The largest absolute Gasteiger partial charge is 0.481 e. The molecule has 1 saturated heterocycles. The molecule has 4 unspecified atom stereocenters. The number of carbonyl (C=O) groups is 3. The number of aliphatic carboxylic acids is 1. The van der Waals surface area contributed by atoms with Gasteiger partial charge in [0.2, 0.25) is 0 Å². The zero-order valence-corrected chi connectivity index (χ0v) is 10.9. The second-order valence-electron chi connectivity index (χ2n) is 5.20. The third kappa shape index (κ3) is 2.69. The fourth-order valence-corrected chi connectivity index (χ4v) is 3.09. The van der Waals surface area contributed by atoms with Crippen molar-refractivity contribution in [2.24, 2.45) is 23.7 Å². The highest BCUT2D eigenvalue weighted by molar-refractivity contribution is 5.97. The zero-order valence-electron chi connectivity index (χ0n) is 10.9. The highest BCUT2D eigenvalue weighted by atomic mass is 16.6. The minimum atomic E-state index is -0.840. The fourth-order valence-electron chi connectivity index (χ4n) is 3.09. The predicted molar refractivity (Wildman–Crippen MR) is 66.0 cm³/mol. The van der Waals surface area contributed by atoms with Crippen LogP contribution >= 0.6 is 0 Å². The van der Waals surface area contributed by atoms with Gasteiger partial charge in [0.1, 0.15) is 0 Å². The lowest BCUT2D eigenvalue weighted by atomic mass is 9.69. The summed E-state index contributed by atoms with van der Waals surface area (Å²) in [5, 5.41) is 8.64. The molecule has 19 heavy (non-hydrogen) atoms. The highest BCUT2D eigenvalue weighted by Gasteiger charge is 2.51. The van der Waals surface area contributed by atoms with Crippen molar-refractivity contribution in [2.75, 3.05) is 0 Å². The van der Waals surface area contributed by atoms with Gasteiger partial charge in [-0.05, 0) is 31.1 Å². The summed E-state index contributed by atoms with van der Waals surface area (Å²) in [5.74, 6) is -2.53. The fraction of sp³-hybridized carbons (Fsp3) is 0.643. The Morgan fingerprint density at radius 1 is 1.21 bits per heavy atom. The summed E-state index contributed by atoms with van der Waals surface area (Å²) >= 11 is 0. The Morgan fingerprint density at radius 2 is 1.79 bits per heavy atom. The Kier molecular flexibility index (Phi) is 4.02. The lowest BCUT2D eigenvalue weighted by Crippen LogP contribution is -2.33. The van der Waals surface area contributed by atoms with Crippen molar-refractivity contribution in [3.63, 3.8) is 0 Å². The van der Waals surface area contributed by atoms with Crippen LogP contribution in [0.15, 0.2) is 12.2 Å². The second kappa shape index (κ2) is 5.55. The van der Waals surface area contributed by atoms with E-state index < -0.39 is 23.8 Å². The average Bonchev–Trinajstić information content (AvgIpc) is 2.66. The van der Waals surface area contributed by atoms with E-state index in [1.165, 1.54) is 0 Å². The van der Waals surface area contributed by atoms with Crippen LogP contribution in [0.5, 0.6) is 0 Å². The van der Waals surface area contributed by atoms with E-state index in [1.54, 1.807) is 0 Å². The summed E-state index contributed by atoms with van der Waals surface area (Å²) in [6.07, 6.45) is 5.92. The standard InChI is InChI=1S/C14H18O5/c1-2-8-6-7-9(4-3-5-10(15)16)12-11(8)13(17)19-14(12)18/h6-9,11-12H,2-5H2,1H3,(H,15,16). The first-order chi connectivity index (χ1) is 9.04. The number of rotatable bonds is 5. The molecule has 0 aromatic rings. The van der Waals surface area contributed by atoms with Crippen molar-refractivity contribution in [3.8, 4) is 0 Å². The first kappa shape index (κ1) is 13.8. The maximum Gasteiger partial charge on any atom is 0.318 e. The molecule has 1 heterocycles. The minimum absolute atomic E-state index is 0.0553. The summed E-state index contributed by atoms with van der Waals surface area (Å²) in [7, 11) is 0. The van der Waals surface area contributed by atoms with Gasteiger partial charge in [0.25, 0.3) is 0 Å². The second-order valence-corrected chi connectivity index (χ2v) is 5.20. The Labute approximate surface area is 111 Å². The molecule has 0 saturated carbocycles. The number of carbonyl (C=O) groups excluding carboxylic acids is 2. The molecule has 5 nitrogen and oxygen atoms in total. The van der Waals surface area contributed by atoms with Crippen LogP contribution in [0.25, 0.3) is 0 Å². The lowest BCUT2D eigenvalue weighted by molar-refractivity contribution is -0.154. The molecule has 1 aliphatic heterocycles. The molecular formula is C14H18O5. The smallest absolute Gasteiger partial charge is 0.318 e. The monoisotopic (exact) mass is 266 g/mol. The topological polar surface area (TPSA) is 80.7 Å². The molecule has 5 heteroatoms. The van der Waals surface area contributed by atoms with Gasteiger partial charge in [-0.25, -0.2) is 0 Å². The van der Waals surface area contributed by atoms with Gasteiger partial charge in [-0.15, -0.1) is 0 Å². The first-order valence-corrected chi connectivity index (χ1v) is 6.70. The van der Waals surface area contributed by atoms with Crippen molar-refractivity contribution in [1.29, 1.82) is 0 Å². The van der Waals surface area contributed by atoms with Crippen molar-refractivity contribution >= 4 is 17.9 Å². The van der Waals surface area contributed by atoms with E-state index in [2.05, 4.69) is 0 Å². The van der Waals surface area contributed by atoms with Gasteiger partial charge in [-0.1, -0.05) is 19.1 Å². The van der Waals surface area contributed by atoms with Crippen molar-refractivity contribution in [2.45, 2.75) is 32.6 Å². The van der Waals surface area contributed by atoms with Gasteiger partial charge in [0.15, 0.2) is 0 Å². The van der Waals surface area contributed by atoms with Gasteiger partial charge >= 0.3 is 17.9 Å². The summed E-state index contributed by atoms with van der Waals surface area (Å²) in [6, 6.07) is 0. The van der Waals surface area contributed by atoms with Gasteiger partial charge in [0, 0.05) is 6.42 Å². The Morgan fingerprint density at radius 3 is 2.37 bits per heavy atom. The molecule has 2 rings (SSSR count). The van der Waals surface area contributed by atoms with Crippen LogP contribution in [0.4, 0.5) is 0 Å². The molecule has 1 N–H and O–H groups in total. The third-order valence-electron chi connectivity index (χ3n) is 4.06. The minimum Gasteiger partial charge on any atom is -0.481 e. The maximum absolute atomic E-state index is 11.8. The normalized spacial score (nSPS) is 33.1. The molecule has 1 aliphatic carbocycles. The first-order valence-electron chi connectivity index (χ1n) is 6.70. The van der Waals surface area contributed by atoms with Crippen molar-refractivity contribution in [1.82, 2.24) is 0 Å². The van der Waals surface area contributed by atoms with Crippen LogP contribution in [0.1, 0.15) is 32.6 Å². The molecule has 4 atom stereocenters. The number of carboxylic acid groups (broad SMARTS) is 1. The van der Waals surface area contributed by atoms with E-state index in [-0.39, 0.29) is 24.2 Å². The molecule has 0 amide bonds. The zero-order chi connectivity index (χ0) is 14.0. The van der Waals surface area contributed by atoms with E-state index in [1.807, 2.05) is 19.1 Å². The quantitative estimate of drug-likeness (QED) is 0.466. The van der Waals surface area contributed by atoms with Crippen LogP contribution in [0, 0.1) is 23.7 Å². The molecule has 0 spiro atoms. The summed E-state index contributed by atoms with van der Waals surface area (Å²) in [4.78, 5) is 34.1. The van der Waals surface area contributed by atoms with Gasteiger partial charge < -0.3 is 9.84 Å². The van der Waals surface area contributed by atoms with Crippen LogP contribution in [0.2, 0.25) is 0 Å². The number of ether oxygens (including phenoxy) is 1. The number of fused-ring (bicyclic) bond motifs is 1. The van der Waals surface area contributed by atoms with Crippen LogP contribution in [0.3, 0.4) is 0 Å². The Balaban J connectivity index is 2.10. The van der Waals surface area contributed by atoms with Crippen molar-refractivity contribution in [3.05, 3.63) is 12.2 Å². The lowest BCUT2D eigenvalue weighted by Gasteiger charge is -2.30. The molecule has 2 aliphatic rings. The van der Waals surface area contributed by atoms with Gasteiger partial charge in [-0.2, -0.15) is 0 Å². The van der Waals surface area contributed by atoms with Crippen molar-refractivity contribution < 1.29 is 24.2 Å². The van der Waals surface area contributed by atoms with E-state index >= 15 is 0 Å². The number of allylic oxidation sites excluding steroid dienone is 2. The van der Waals surface area contributed by atoms with E-state index in [0.29, 0.717) is 12.8 Å². The summed E-state index contributed by atoms with van der Waals surface area (Å²) < 4.78 is 4.76. The predicted octanol–water partition coefficient (Wildman–Crippen LogP) is 1.77. The Hall–Kier alpha value is -1.65. The molecule has 1 fully saturated rings. The van der Waals surface area contributed by atoms with E-state index in [9.17, 15) is 14.4 Å². The van der Waals surface area contributed by atoms with Crippen LogP contribution in [-0.2, 0) is 19.1 Å². The number of hydrogen-bond donors (Lipinski definition) is 1. The number of cyclic esters (lactones) is 2. The average molecular weight is 266 g/mol.